The van der Waals surface area contributed by atoms with Crippen LogP contribution in [0.1, 0.15) is 26.7 Å². The van der Waals surface area contributed by atoms with Crippen LogP contribution in [0.5, 0.6) is 5.75 Å². The van der Waals surface area contributed by atoms with Gasteiger partial charge >= 0.3 is 0 Å². The number of primary amides is 1. The molecule has 1 heterocycles. The first-order chi connectivity index (χ1) is 9.44. The van der Waals surface area contributed by atoms with E-state index in [-0.39, 0.29) is 12.2 Å². The largest absolute Gasteiger partial charge is 0.484 e. The van der Waals surface area contributed by atoms with Gasteiger partial charge in [0.2, 0.25) is 0 Å². The molecule has 0 saturated carbocycles. The maximum atomic E-state index is 10.6. The van der Waals surface area contributed by atoms with E-state index in [1.807, 2.05) is 24.3 Å². The van der Waals surface area contributed by atoms with E-state index >= 15 is 0 Å². The van der Waals surface area contributed by atoms with E-state index in [1.165, 1.54) is 0 Å². The summed E-state index contributed by atoms with van der Waals surface area (Å²) >= 11 is 0. The highest BCUT2D eigenvalue weighted by Crippen LogP contribution is 2.26. The Balaban J connectivity index is 1.88. The smallest absolute Gasteiger partial charge is 0.255 e. The van der Waals surface area contributed by atoms with E-state index in [1.54, 1.807) is 0 Å². The van der Waals surface area contributed by atoms with Gasteiger partial charge in [0.05, 0.1) is 5.60 Å². The maximum absolute atomic E-state index is 10.6. The number of amides is 1. The molecule has 110 valence electrons. The normalized spacial score (nSPS) is 21.2. The van der Waals surface area contributed by atoms with Crippen molar-refractivity contribution in [2.75, 3.05) is 18.5 Å². The van der Waals surface area contributed by atoms with Crippen LogP contribution in [-0.4, -0.2) is 30.8 Å². The first-order valence-corrected chi connectivity index (χ1v) is 6.86. The van der Waals surface area contributed by atoms with Gasteiger partial charge < -0.3 is 20.5 Å². The summed E-state index contributed by atoms with van der Waals surface area (Å²) in [5.74, 6) is 0.165. The molecule has 1 aliphatic rings. The van der Waals surface area contributed by atoms with E-state index in [4.69, 9.17) is 15.2 Å². The highest BCUT2D eigenvalue weighted by Gasteiger charge is 2.28. The van der Waals surface area contributed by atoms with Crippen LogP contribution in [-0.2, 0) is 9.53 Å². The SMILES string of the molecule is CC1(C)CC(Nc2ccc(OCC(N)=O)cc2)CCO1. The van der Waals surface area contributed by atoms with Gasteiger partial charge in [0.15, 0.2) is 6.61 Å². The zero-order chi connectivity index (χ0) is 14.6. The Bertz CT molecular complexity index is 457. The first kappa shape index (κ1) is 14.7. The molecule has 1 saturated heterocycles. The summed E-state index contributed by atoms with van der Waals surface area (Å²) < 4.78 is 10.9. The van der Waals surface area contributed by atoms with Crippen LogP contribution >= 0.6 is 0 Å². The fourth-order valence-corrected chi connectivity index (χ4v) is 2.39. The lowest BCUT2D eigenvalue weighted by Gasteiger charge is -2.36. The second-order valence-electron chi connectivity index (χ2n) is 5.72. The summed E-state index contributed by atoms with van der Waals surface area (Å²) in [5.41, 5.74) is 6.00. The number of hydrogen-bond donors (Lipinski definition) is 2. The quantitative estimate of drug-likeness (QED) is 0.863. The molecule has 0 spiro atoms. The van der Waals surface area contributed by atoms with Crippen LogP contribution in [0.25, 0.3) is 0 Å². The topological polar surface area (TPSA) is 73.6 Å². The highest BCUT2D eigenvalue weighted by atomic mass is 16.5. The summed E-state index contributed by atoms with van der Waals surface area (Å²) in [6, 6.07) is 7.96. The van der Waals surface area contributed by atoms with Crippen LogP contribution in [0.4, 0.5) is 5.69 Å². The monoisotopic (exact) mass is 278 g/mol. The minimum absolute atomic E-state index is 0.0690. The molecule has 1 unspecified atom stereocenters. The molecular formula is C15H22N2O3. The molecule has 3 N–H and O–H groups in total. The van der Waals surface area contributed by atoms with Gasteiger partial charge in [0.1, 0.15) is 5.75 Å². The average Bonchev–Trinajstić information content (AvgIpc) is 2.36. The van der Waals surface area contributed by atoms with Crippen LogP contribution < -0.4 is 15.8 Å². The molecule has 0 aliphatic carbocycles. The van der Waals surface area contributed by atoms with Crippen molar-refractivity contribution >= 4 is 11.6 Å². The van der Waals surface area contributed by atoms with E-state index in [0.717, 1.165) is 25.1 Å². The molecular weight excluding hydrogens is 256 g/mol. The van der Waals surface area contributed by atoms with Gasteiger partial charge in [-0.05, 0) is 51.0 Å². The van der Waals surface area contributed by atoms with Crippen molar-refractivity contribution in [3.63, 3.8) is 0 Å². The summed E-state index contributed by atoms with van der Waals surface area (Å²) in [6.07, 6.45) is 1.98. The van der Waals surface area contributed by atoms with E-state index in [9.17, 15) is 4.79 Å². The molecule has 5 nitrogen and oxygen atoms in total. The molecule has 0 radical (unpaired) electrons. The molecule has 0 bridgehead atoms. The van der Waals surface area contributed by atoms with Crippen molar-refractivity contribution < 1.29 is 14.3 Å². The Labute approximate surface area is 119 Å². The Morgan fingerprint density at radius 3 is 2.75 bits per heavy atom. The minimum atomic E-state index is -0.475. The van der Waals surface area contributed by atoms with Crippen LogP contribution in [0, 0.1) is 0 Å². The molecule has 2 rings (SSSR count). The molecule has 1 fully saturated rings. The Morgan fingerprint density at radius 2 is 2.15 bits per heavy atom. The van der Waals surface area contributed by atoms with E-state index < -0.39 is 5.91 Å². The third-order valence-corrected chi connectivity index (χ3v) is 3.30. The van der Waals surface area contributed by atoms with Gasteiger partial charge in [-0.1, -0.05) is 0 Å². The van der Waals surface area contributed by atoms with Crippen molar-refractivity contribution in [1.29, 1.82) is 0 Å². The van der Waals surface area contributed by atoms with E-state index in [2.05, 4.69) is 19.2 Å². The fourth-order valence-electron chi connectivity index (χ4n) is 2.39. The summed E-state index contributed by atoms with van der Waals surface area (Å²) in [4.78, 5) is 10.6. The molecule has 1 amide bonds. The highest BCUT2D eigenvalue weighted by molar-refractivity contribution is 5.75. The van der Waals surface area contributed by atoms with Crippen molar-refractivity contribution in [1.82, 2.24) is 0 Å². The zero-order valence-corrected chi connectivity index (χ0v) is 12.0. The van der Waals surface area contributed by atoms with Gasteiger partial charge in [0, 0.05) is 18.3 Å². The number of rotatable bonds is 5. The van der Waals surface area contributed by atoms with E-state index in [0.29, 0.717) is 11.8 Å². The summed E-state index contributed by atoms with van der Waals surface area (Å²) in [6.45, 7) is 4.91. The number of nitrogens with one attached hydrogen (secondary N) is 1. The third kappa shape index (κ3) is 4.42. The number of carbonyl (C=O) groups excluding carboxylic acids is 1. The van der Waals surface area contributed by atoms with Crippen molar-refractivity contribution in [3.8, 4) is 5.75 Å². The molecule has 1 aliphatic heterocycles. The lowest BCUT2D eigenvalue weighted by Crippen LogP contribution is -2.40. The second-order valence-corrected chi connectivity index (χ2v) is 5.72. The van der Waals surface area contributed by atoms with Crippen LogP contribution in [0.15, 0.2) is 24.3 Å². The molecule has 5 heteroatoms. The number of nitrogens with two attached hydrogens (primary N) is 1. The Morgan fingerprint density at radius 1 is 1.45 bits per heavy atom. The molecule has 1 atom stereocenters. The van der Waals surface area contributed by atoms with Gasteiger partial charge in [-0.2, -0.15) is 0 Å². The number of carbonyl (C=O) groups is 1. The first-order valence-electron chi connectivity index (χ1n) is 6.86. The Hall–Kier alpha value is -1.75. The number of anilines is 1. The van der Waals surface area contributed by atoms with Crippen LogP contribution in [0.2, 0.25) is 0 Å². The third-order valence-electron chi connectivity index (χ3n) is 3.30. The molecule has 20 heavy (non-hydrogen) atoms. The van der Waals surface area contributed by atoms with Gasteiger partial charge in [-0.15, -0.1) is 0 Å². The standard InChI is InChI=1S/C15H22N2O3/c1-15(2)9-12(7-8-20-15)17-11-3-5-13(6-4-11)19-10-14(16)18/h3-6,12,17H,7-10H2,1-2H3,(H2,16,18). The average molecular weight is 278 g/mol. The van der Waals surface area contributed by atoms with Crippen molar-refractivity contribution in [3.05, 3.63) is 24.3 Å². The van der Waals surface area contributed by atoms with Crippen molar-refractivity contribution in [2.45, 2.75) is 38.3 Å². The summed E-state index contributed by atoms with van der Waals surface area (Å²) in [5, 5.41) is 3.50. The second kappa shape index (κ2) is 6.13. The lowest BCUT2D eigenvalue weighted by molar-refractivity contribution is -0.119. The lowest BCUT2D eigenvalue weighted by atomic mass is 9.94. The maximum Gasteiger partial charge on any atom is 0.255 e. The van der Waals surface area contributed by atoms with Gasteiger partial charge in [0.25, 0.3) is 5.91 Å². The number of benzene rings is 1. The van der Waals surface area contributed by atoms with Crippen LogP contribution in [0.3, 0.4) is 0 Å². The molecule has 0 aromatic heterocycles. The van der Waals surface area contributed by atoms with Gasteiger partial charge in [-0.3, -0.25) is 4.79 Å². The Kier molecular flexibility index (Phi) is 4.49. The zero-order valence-electron chi connectivity index (χ0n) is 12.0. The minimum Gasteiger partial charge on any atom is -0.484 e. The fraction of sp³-hybridized carbons (Fsp3) is 0.533. The van der Waals surface area contributed by atoms with Crippen molar-refractivity contribution in [2.24, 2.45) is 5.73 Å². The predicted molar refractivity (Wildman–Crippen MR) is 77.8 cm³/mol. The molecule has 1 aromatic rings. The van der Waals surface area contributed by atoms with Gasteiger partial charge in [-0.25, -0.2) is 0 Å². The number of ether oxygens (including phenoxy) is 2. The predicted octanol–water partition coefficient (Wildman–Crippen LogP) is 1.92. The summed E-state index contributed by atoms with van der Waals surface area (Å²) in [7, 11) is 0. The molecule has 1 aromatic carbocycles. The number of hydrogen-bond acceptors (Lipinski definition) is 4.